The molecule has 4 aromatic carbocycles. The summed E-state index contributed by atoms with van der Waals surface area (Å²) >= 11 is 0. The van der Waals surface area contributed by atoms with Gasteiger partial charge in [0.2, 0.25) is 0 Å². The van der Waals surface area contributed by atoms with Crippen LogP contribution in [0.2, 0.25) is 0 Å². The third-order valence-corrected chi connectivity index (χ3v) is 8.17. The molecule has 0 amide bonds. The molecule has 2 heterocycles. The Hall–Kier alpha value is -4.82. The van der Waals surface area contributed by atoms with Crippen molar-refractivity contribution >= 4 is 0 Å². The fourth-order valence-corrected chi connectivity index (χ4v) is 6.14. The summed E-state index contributed by atoms with van der Waals surface area (Å²) < 4.78 is 0. The molecule has 7 rings (SSSR count). The van der Waals surface area contributed by atoms with Gasteiger partial charge in [0.25, 0.3) is 0 Å². The second-order valence-electron chi connectivity index (χ2n) is 11.2. The van der Waals surface area contributed by atoms with Gasteiger partial charge in [0, 0.05) is 28.9 Å². The van der Waals surface area contributed by atoms with Gasteiger partial charge in [-0.25, -0.2) is 0 Å². The van der Waals surface area contributed by atoms with Crippen molar-refractivity contribution < 1.29 is 0 Å². The van der Waals surface area contributed by atoms with Gasteiger partial charge in [-0.05, 0) is 99.5 Å². The summed E-state index contributed by atoms with van der Waals surface area (Å²) in [6.45, 7) is 4.68. The molecule has 0 spiro atoms. The zero-order valence-corrected chi connectivity index (χ0v) is 22.8. The lowest BCUT2D eigenvalue weighted by atomic mass is 9.81. The Kier molecular flexibility index (Phi) is 5.90. The van der Waals surface area contributed by atoms with Gasteiger partial charge in [-0.3, -0.25) is 9.97 Å². The van der Waals surface area contributed by atoms with Crippen molar-refractivity contribution in [2.24, 2.45) is 0 Å². The second-order valence-corrected chi connectivity index (χ2v) is 11.2. The highest BCUT2D eigenvalue weighted by molar-refractivity contribution is 5.84. The Morgan fingerprint density at radius 3 is 1.93 bits per heavy atom. The Labute approximate surface area is 236 Å². The van der Waals surface area contributed by atoms with Crippen LogP contribution in [-0.2, 0) is 11.8 Å². The average Bonchev–Trinajstić information content (AvgIpc) is 3.24. The van der Waals surface area contributed by atoms with Crippen LogP contribution < -0.4 is 0 Å². The monoisotopic (exact) mass is 514 g/mol. The maximum absolute atomic E-state index is 4.69. The van der Waals surface area contributed by atoms with Crippen LogP contribution in [0.15, 0.2) is 134 Å². The molecule has 0 aliphatic heterocycles. The minimum Gasteiger partial charge on any atom is -0.256 e. The number of aromatic nitrogens is 2. The number of rotatable bonds is 5. The number of benzene rings is 4. The predicted molar refractivity (Wildman–Crippen MR) is 165 cm³/mol. The first-order chi connectivity index (χ1) is 19.6. The number of hydrogen-bond acceptors (Lipinski definition) is 2. The quantitative estimate of drug-likeness (QED) is 0.229. The Morgan fingerprint density at radius 2 is 1.15 bits per heavy atom. The van der Waals surface area contributed by atoms with E-state index >= 15 is 0 Å². The van der Waals surface area contributed by atoms with Crippen LogP contribution in [0.3, 0.4) is 0 Å². The number of pyridine rings is 2. The van der Waals surface area contributed by atoms with E-state index in [1.54, 1.807) is 0 Å². The van der Waals surface area contributed by atoms with E-state index < -0.39 is 0 Å². The van der Waals surface area contributed by atoms with Crippen molar-refractivity contribution in [1.29, 1.82) is 0 Å². The molecule has 2 aromatic heterocycles. The molecule has 6 aromatic rings. The van der Waals surface area contributed by atoms with Gasteiger partial charge in [-0.2, -0.15) is 0 Å². The van der Waals surface area contributed by atoms with Crippen molar-refractivity contribution in [2.75, 3.05) is 0 Å². The molecule has 1 aliphatic carbocycles. The van der Waals surface area contributed by atoms with Crippen LogP contribution in [0.1, 0.15) is 36.1 Å². The topological polar surface area (TPSA) is 25.8 Å². The van der Waals surface area contributed by atoms with Crippen LogP contribution in [0.25, 0.3) is 44.8 Å². The molecule has 0 N–H and O–H groups in total. The van der Waals surface area contributed by atoms with Crippen molar-refractivity contribution in [3.63, 3.8) is 0 Å². The molecule has 0 radical (unpaired) electrons. The third-order valence-electron chi connectivity index (χ3n) is 8.17. The largest absolute Gasteiger partial charge is 0.256 e. The molecule has 0 saturated carbocycles. The highest BCUT2D eigenvalue weighted by atomic mass is 14.7. The Bertz CT molecular complexity index is 1840. The lowest BCUT2D eigenvalue weighted by molar-refractivity contribution is 0.660. The zero-order chi connectivity index (χ0) is 27.1. The predicted octanol–water partition coefficient (Wildman–Crippen LogP) is 9.37. The van der Waals surface area contributed by atoms with E-state index in [1.165, 1.54) is 44.5 Å². The highest BCUT2D eigenvalue weighted by Crippen LogP contribution is 2.49. The summed E-state index contributed by atoms with van der Waals surface area (Å²) in [4.78, 5) is 9.24. The molecule has 2 nitrogen and oxygen atoms in total. The fraction of sp³-hybridized carbons (Fsp3) is 0.105. The van der Waals surface area contributed by atoms with E-state index in [0.717, 1.165) is 28.9 Å². The summed E-state index contributed by atoms with van der Waals surface area (Å²) in [7, 11) is 0. The SMILES string of the molecule is CC1(C)c2ccccc2-c2ccc(-c3cc(Cc4cccc(-c5ccccn5)c4)cc(-c4ccccn4)c3)cc21. The minimum absolute atomic E-state index is 0.0325. The van der Waals surface area contributed by atoms with Crippen molar-refractivity contribution in [3.05, 3.63) is 156 Å². The standard InChI is InChI=1S/C38H30N2/c1-38(2)34-13-4-3-12-32(34)33-17-16-28(25-35(33)38)30-22-27(23-31(24-30)37-15-6-8-19-40-37)20-26-10-9-11-29(21-26)36-14-5-7-18-39-36/h3-19,21-25H,20H2,1-2H3. The molecule has 0 saturated heterocycles. The first kappa shape index (κ1) is 24.2. The minimum atomic E-state index is -0.0325. The van der Waals surface area contributed by atoms with Gasteiger partial charge in [0.15, 0.2) is 0 Å². The van der Waals surface area contributed by atoms with Gasteiger partial charge < -0.3 is 0 Å². The van der Waals surface area contributed by atoms with Gasteiger partial charge in [0.05, 0.1) is 11.4 Å². The van der Waals surface area contributed by atoms with Gasteiger partial charge in [0.1, 0.15) is 0 Å². The van der Waals surface area contributed by atoms with Gasteiger partial charge in [-0.15, -0.1) is 0 Å². The van der Waals surface area contributed by atoms with Gasteiger partial charge in [-0.1, -0.05) is 86.6 Å². The molecule has 40 heavy (non-hydrogen) atoms. The van der Waals surface area contributed by atoms with E-state index in [2.05, 4.69) is 127 Å². The molecule has 0 fully saturated rings. The molecular weight excluding hydrogens is 484 g/mol. The molecule has 192 valence electrons. The van der Waals surface area contributed by atoms with E-state index in [4.69, 9.17) is 0 Å². The van der Waals surface area contributed by atoms with E-state index in [1.807, 2.05) is 30.6 Å². The Balaban J connectivity index is 1.32. The molecule has 0 unspecified atom stereocenters. The smallest absolute Gasteiger partial charge is 0.0702 e. The second kappa shape index (κ2) is 9.73. The maximum atomic E-state index is 4.69. The third kappa shape index (κ3) is 4.32. The molecular formula is C38H30N2. The first-order valence-electron chi connectivity index (χ1n) is 13.9. The highest BCUT2D eigenvalue weighted by Gasteiger charge is 2.35. The normalized spacial score (nSPS) is 13.1. The zero-order valence-electron chi connectivity index (χ0n) is 22.8. The Morgan fingerprint density at radius 1 is 0.475 bits per heavy atom. The van der Waals surface area contributed by atoms with Crippen molar-refractivity contribution in [2.45, 2.75) is 25.7 Å². The van der Waals surface area contributed by atoms with E-state index in [9.17, 15) is 0 Å². The first-order valence-corrected chi connectivity index (χ1v) is 13.9. The fourth-order valence-electron chi connectivity index (χ4n) is 6.14. The summed E-state index contributed by atoms with van der Waals surface area (Å²) in [5.74, 6) is 0. The van der Waals surface area contributed by atoms with Crippen LogP contribution in [0.5, 0.6) is 0 Å². The molecule has 1 aliphatic rings. The van der Waals surface area contributed by atoms with Crippen LogP contribution >= 0.6 is 0 Å². The van der Waals surface area contributed by atoms with Crippen LogP contribution in [0, 0.1) is 0 Å². The summed E-state index contributed by atoms with van der Waals surface area (Å²) in [6, 6.07) is 43.6. The lowest BCUT2D eigenvalue weighted by Gasteiger charge is -2.22. The van der Waals surface area contributed by atoms with E-state index in [0.29, 0.717) is 0 Å². The number of fused-ring (bicyclic) bond motifs is 3. The van der Waals surface area contributed by atoms with Crippen LogP contribution in [0.4, 0.5) is 0 Å². The summed E-state index contributed by atoms with van der Waals surface area (Å²) in [6.07, 6.45) is 4.55. The summed E-state index contributed by atoms with van der Waals surface area (Å²) in [5, 5.41) is 0. The van der Waals surface area contributed by atoms with Crippen molar-refractivity contribution in [1.82, 2.24) is 9.97 Å². The van der Waals surface area contributed by atoms with Gasteiger partial charge >= 0.3 is 0 Å². The summed E-state index contributed by atoms with van der Waals surface area (Å²) in [5.41, 5.74) is 14.7. The van der Waals surface area contributed by atoms with Crippen molar-refractivity contribution in [3.8, 4) is 44.8 Å². The number of hydrogen-bond donors (Lipinski definition) is 0. The maximum Gasteiger partial charge on any atom is 0.0702 e. The van der Waals surface area contributed by atoms with Crippen LogP contribution in [-0.4, -0.2) is 9.97 Å². The lowest BCUT2D eigenvalue weighted by Crippen LogP contribution is -2.14. The molecule has 0 bridgehead atoms. The van der Waals surface area contributed by atoms with E-state index in [-0.39, 0.29) is 5.41 Å². The average molecular weight is 515 g/mol. The number of nitrogens with zero attached hydrogens (tertiary/aromatic N) is 2. The molecule has 0 atom stereocenters. The molecule has 2 heteroatoms.